The lowest BCUT2D eigenvalue weighted by atomic mass is 10.1. The number of carbonyl (C=O) groups is 1. The predicted octanol–water partition coefficient (Wildman–Crippen LogP) is 5.39. The lowest BCUT2D eigenvalue weighted by Gasteiger charge is -2.22. The van der Waals surface area contributed by atoms with Gasteiger partial charge in [0.2, 0.25) is 5.43 Å². The summed E-state index contributed by atoms with van der Waals surface area (Å²) in [6, 6.07) is 11.3. The minimum Gasteiger partial charge on any atom is -0.477 e. The van der Waals surface area contributed by atoms with E-state index in [0.717, 1.165) is 44.6 Å². The number of hydrogen-bond donors (Lipinski definition) is 1. The summed E-state index contributed by atoms with van der Waals surface area (Å²) in [5.74, 6) is -4.07. The number of halogens is 4. The molecule has 0 radical (unpaired) electrons. The van der Waals surface area contributed by atoms with Gasteiger partial charge >= 0.3 is 5.97 Å². The van der Waals surface area contributed by atoms with Crippen molar-refractivity contribution in [2.75, 3.05) is 4.90 Å². The van der Waals surface area contributed by atoms with Crippen molar-refractivity contribution in [2.45, 2.75) is 13.1 Å². The molecule has 3 aromatic carbocycles. The number of carboxylic acid groups (broad SMARTS) is 1. The van der Waals surface area contributed by atoms with E-state index in [1.165, 1.54) is 17.0 Å². The van der Waals surface area contributed by atoms with Gasteiger partial charge in [-0.2, -0.15) is 0 Å². The van der Waals surface area contributed by atoms with Gasteiger partial charge in [-0.3, -0.25) is 4.79 Å². The van der Waals surface area contributed by atoms with E-state index in [9.17, 15) is 19.1 Å². The quantitative estimate of drug-likeness (QED) is 0.398. The Morgan fingerprint density at radius 1 is 1.03 bits per heavy atom. The maximum atomic E-state index is 16.0. The summed E-state index contributed by atoms with van der Waals surface area (Å²) >= 11 is 3.46. The van der Waals surface area contributed by atoms with Gasteiger partial charge in [-0.05, 0) is 47.5 Å². The van der Waals surface area contributed by atoms with Gasteiger partial charge in [0.15, 0.2) is 5.82 Å². The second-order valence-electron chi connectivity index (χ2n) is 7.67. The highest BCUT2D eigenvalue weighted by Gasteiger charge is 2.29. The molecule has 0 atom stereocenters. The zero-order valence-corrected chi connectivity index (χ0v) is 18.4. The van der Waals surface area contributed by atoms with Gasteiger partial charge in [0.25, 0.3) is 0 Å². The van der Waals surface area contributed by atoms with E-state index in [2.05, 4.69) is 15.9 Å². The molecule has 0 unspecified atom stereocenters. The third-order valence-electron chi connectivity index (χ3n) is 5.73. The molecule has 166 valence electrons. The van der Waals surface area contributed by atoms with Crippen LogP contribution in [0.2, 0.25) is 0 Å². The van der Waals surface area contributed by atoms with Crippen LogP contribution in [0.5, 0.6) is 0 Å². The van der Waals surface area contributed by atoms with Crippen molar-refractivity contribution in [3.8, 4) is 5.69 Å². The Kier molecular flexibility index (Phi) is 5.01. The Bertz CT molecular complexity index is 1520. The molecule has 0 aliphatic carbocycles. The molecule has 5 nitrogen and oxygen atoms in total. The Labute approximate surface area is 193 Å². The molecule has 0 amide bonds. The summed E-state index contributed by atoms with van der Waals surface area (Å²) in [5.41, 5.74) is -0.266. The van der Waals surface area contributed by atoms with E-state index >= 15 is 8.78 Å². The number of nitrogens with zero attached hydrogens (tertiary/aromatic N) is 2. The van der Waals surface area contributed by atoms with E-state index < -0.39 is 39.8 Å². The molecule has 0 spiro atoms. The zero-order chi connectivity index (χ0) is 23.4. The molecule has 0 saturated carbocycles. The number of aromatic carboxylic acids is 1. The predicted molar refractivity (Wildman–Crippen MR) is 120 cm³/mol. The minimum absolute atomic E-state index is 0.216. The number of carboxylic acids is 1. The number of rotatable bonds is 3. The highest BCUT2D eigenvalue weighted by Crippen LogP contribution is 2.38. The summed E-state index contributed by atoms with van der Waals surface area (Å²) < 4.78 is 46.6. The molecule has 0 fully saturated rings. The molecule has 1 aliphatic rings. The Morgan fingerprint density at radius 3 is 2.42 bits per heavy atom. The van der Waals surface area contributed by atoms with E-state index in [1.54, 1.807) is 0 Å². The monoisotopic (exact) mass is 514 g/mol. The molecule has 0 bridgehead atoms. The Balaban J connectivity index is 1.79. The van der Waals surface area contributed by atoms with E-state index in [0.29, 0.717) is 0 Å². The maximum absolute atomic E-state index is 16.0. The van der Waals surface area contributed by atoms with Crippen LogP contribution in [0, 0.1) is 17.5 Å². The first-order chi connectivity index (χ1) is 15.8. The first-order valence-electron chi connectivity index (χ1n) is 9.84. The number of pyridine rings is 1. The van der Waals surface area contributed by atoms with Crippen LogP contribution >= 0.6 is 15.9 Å². The molecular weight excluding hydrogens is 501 g/mol. The molecule has 1 N–H and O–H groups in total. The second-order valence-corrected chi connectivity index (χ2v) is 8.53. The summed E-state index contributed by atoms with van der Waals surface area (Å²) in [4.78, 5) is 25.9. The van der Waals surface area contributed by atoms with Crippen LogP contribution in [0.25, 0.3) is 16.6 Å². The maximum Gasteiger partial charge on any atom is 0.341 e. The molecule has 5 rings (SSSR count). The van der Waals surface area contributed by atoms with Gasteiger partial charge in [-0.1, -0.05) is 28.1 Å². The van der Waals surface area contributed by atoms with Crippen LogP contribution < -0.4 is 10.3 Å². The van der Waals surface area contributed by atoms with Crippen molar-refractivity contribution >= 4 is 38.5 Å². The molecule has 9 heteroatoms. The fourth-order valence-electron chi connectivity index (χ4n) is 4.19. The smallest absolute Gasteiger partial charge is 0.341 e. The zero-order valence-electron chi connectivity index (χ0n) is 16.8. The summed E-state index contributed by atoms with van der Waals surface area (Å²) in [7, 11) is 0. The number of hydrogen-bond acceptors (Lipinski definition) is 3. The third kappa shape index (κ3) is 3.39. The fraction of sp³-hybridized carbons (Fsp3) is 0.0833. The van der Waals surface area contributed by atoms with Crippen molar-refractivity contribution in [1.29, 1.82) is 0 Å². The van der Waals surface area contributed by atoms with Gasteiger partial charge in [-0.25, -0.2) is 18.0 Å². The van der Waals surface area contributed by atoms with Gasteiger partial charge < -0.3 is 14.6 Å². The fourth-order valence-corrected chi connectivity index (χ4v) is 4.72. The molecule has 4 aromatic rings. The Morgan fingerprint density at radius 2 is 1.76 bits per heavy atom. The summed E-state index contributed by atoms with van der Waals surface area (Å²) in [6.45, 7) is 0.492. The van der Waals surface area contributed by atoms with Crippen molar-refractivity contribution in [3.05, 3.63) is 104 Å². The first-order valence-corrected chi connectivity index (χ1v) is 10.6. The van der Waals surface area contributed by atoms with Crippen molar-refractivity contribution in [3.63, 3.8) is 0 Å². The number of aromatic nitrogens is 1. The van der Waals surface area contributed by atoms with Crippen molar-refractivity contribution in [1.82, 2.24) is 4.57 Å². The van der Waals surface area contributed by atoms with E-state index in [-0.39, 0.29) is 30.0 Å². The topological polar surface area (TPSA) is 62.5 Å². The van der Waals surface area contributed by atoms with Gasteiger partial charge in [-0.15, -0.1) is 0 Å². The highest BCUT2D eigenvalue weighted by atomic mass is 79.9. The molecule has 33 heavy (non-hydrogen) atoms. The van der Waals surface area contributed by atoms with Gasteiger partial charge in [0, 0.05) is 29.4 Å². The number of anilines is 1. The van der Waals surface area contributed by atoms with Crippen LogP contribution in [-0.4, -0.2) is 15.6 Å². The molecular formula is C24H14BrF3N2O3. The van der Waals surface area contributed by atoms with Crippen molar-refractivity contribution < 1.29 is 23.1 Å². The van der Waals surface area contributed by atoms with Crippen molar-refractivity contribution in [2.24, 2.45) is 0 Å². The lowest BCUT2D eigenvalue weighted by Crippen LogP contribution is -2.22. The lowest BCUT2D eigenvalue weighted by molar-refractivity contribution is 0.0695. The van der Waals surface area contributed by atoms with Crippen LogP contribution in [0.1, 0.15) is 21.5 Å². The SMILES string of the molecule is O=C(O)c1cn(-c2ccc(F)cc2)c2c(F)c(N3Cc4cccc(Br)c4C3)c(F)cc2c1=O. The van der Waals surface area contributed by atoms with Crippen LogP contribution in [0.4, 0.5) is 18.9 Å². The van der Waals surface area contributed by atoms with Crippen LogP contribution in [-0.2, 0) is 13.1 Å². The standard InChI is InChI=1S/C24H14BrF3N2O3/c25-18-3-1-2-12-9-29(10-16(12)18)22-19(27)8-15-21(20(22)28)30(11-17(23(15)31)24(32)33)14-6-4-13(26)5-7-14/h1-8,11H,9-10H2,(H,32,33). The average molecular weight is 515 g/mol. The number of benzene rings is 3. The molecule has 2 heterocycles. The molecule has 0 saturated heterocycles. The normalized spacial score (nSPS) is 12.9. The van der Waals surface area contributed by atoms with Gasteiger partial charge in [0.05, 0.1) is 10.9 Å². The summed E-state index contributed by atoms with van der Waals surface area (Å²) in [6.07, 6.45) is 0.973. The first kappa shape index (κ1) is 21.3. The third-order valence-corrected chi connectivity index (χ3v) is 6.48. The van der Waals surface area contributed by atoms with E-state index in [4.69, 9.17) is 0 Å². The average Bonchev–Trinajstić information content (AvgIpc) is 3.20. The Hall–Kier alpha value is -3.59. The molecule has 1 aromatic heterocycles. The highest BCUT2D eigenvalue weighted by molar-refractivity contribution is 9.10. The second kappa shape index (κ2) is 7.77. The molecule has 1 aliphatic heterocycles. The van der Waals surface area contributed by atoms with E-state index in [1.807, 2.05) is 18.2 Å². The largest absolute Gasteiger partial charge is 0.477 e. The van der Waals surface area contributed by atoms with Gasteiger partial charge in [0.1, 0.15) is 22.9 Å². The minimum atomic E-state index is -1.54. The number of fused-ring (bicyclic) bond motifs is 2. The van der Waals surface area contributed by atoms with Crippen LogP contribution in [0.3, 0.4) is 0 Å². The van der Waals surface area contributed by atoms with Crippen LogP contribution in [0.15, 0.2) is 64.0 Å². The summed E-state index contributed by atoms with van der Waals surface area (Å²) in [5, 5.41) is 9.04.